The maximum absolute atomic E-state index is 13.9. The van der Waals surface area contributed by atoms with Crippen molar-refractivity contribution >= 4 is 39.3 Å². The van der Waals surface area contributed by atoms with Crippen LogP contribution in [0.15, 0.2) is 88.7 Å². The third-order valence-corrected chi connectivity index (χ3v) is 8.90. The Bertz CT molecular complexity index is 1350. The van der Waals surface area contributed by atoms with Crippen LogP contribution in [0, 0.1) is 0 Å². The smallest absolute Gasteiger partial charge is 0.264 e. The van der Waals surface area contributed by atoms with Crippen molar-refractivity contribution in [3.05, 3.63) is 84.4 Å². The number of nitrogens with zero attached hydrogens (tertiary/aromatic N) is 2. The van der Waals surface area contributed by atoms with Crippen LogP contribution in [0.1, 0.15) is 26.3 Å². The number of hydrogen-bond donors (Lipinski definition) is 1. The Kier molecular flexibility index (Phi) is 11.5. The second kappa shape index (κ2) is 14.8. The minimum Gasteiger partial charge on any atom is -0.494 e. The van der Waals surface area contributed by atoms with E-state index in [2.05, 4.69) is 5.32 Å². The highest BCUT2D eigenvalue weighted by atomic mass is 32.2. The summed E-state index contributed by atoms with van der Waals surface area (Å²) in [6, 6.07) is 22.0. The third kappa shape index (κ3) is 8.02. The molecule has 3 aromatic rings. The molecule has 1 atom stereocenters. The highest BCUT2D eigenvalue weighted by Crippen LogP contribution is 2.27. The van der Waals surface area contributed by atoms with Crippen molar-refractivity contribution in [2.75, 3.05) is 36.8 Å². The van der Waals surface area contributed by atoms with E-state index in [1.54, 1.807) is 43.3 Å². The van der Waals surface area contributed by atoms with Crippen molar-refractivity contribution in [3.63, 3.8) is 0 Å². The van der Waals surface area contributed by atoms with Crippen LogP contribution in [-0.4, -0.2) is 63.7 Å². The molecule has 3 aromatic carbocycles. The number of hydrogen-bond acceptors (Lipinski definition) is 6. The number of benzene rings is 3. The van der Waals surface area contributed by atoms with Gasteiger partial charge in [-0.3, -0.25) is 13.9 Å². The molecule has 8 nitrogen and oxygen atoms in total. The van der Waals surface area contributed by atoms with E-state index in [0.717, 1.165) is 14.8 Å². The number of rotatable bonds is 14. The molecule has 0 spiro atoms. The number of likely N-dealkylation sites (N-methyl/N-ethyl adjacent to an activating group) is 1. The number of anilines is 1. The van der Waals surface area contributed by atoms with Crippen molar-refractivity contribution in [1.29, 1.82) is 0 Å². The Morgan fingerprint density at radius 3 is 2.17 bits per heavy atom. The van der Waals surface area contributed by atoms with E-state index in [1.807, 2.05) is 50.4 Å². The summed E-state index contributed by atoms with van der Waals surface area (Å²) in [5.41, 5.74) is 1.33. The normalized spacial score (nSPS) is 11.9. The number of nitrogens with one attached hydrogen (secondary N) is 1. The molecular weight excluding hydrogens is 546 g/mol. The van der Waals surface area contributed by atoms with Gasteiger partial charge in [-0.05, 0) is 87.5 Å². The first kappa shape index (κ1) is 31.0. The first-order valence-electron chi connectivity index (χ1n) is 13.2. The zero-order valence-electron chi connectivity index (χ0n) is 23.4. The van der Waals surface area contributed by atoms with Gasteiger partial charge in [-0.2, -0.15) is 0 Å². The monoisotopic (exact) mass is 583 g/mol. The number of ether oxygens (including phenoxy) is 1. The fourth-order valence-electron chi connectivity index (χ4n) is 4.17. The van der Waals surface area contributed by atoms with Gasteiger partial charge in [0.2, 0.25) is 11.8 Å². The van der Waals surface area contributed by atoms with E-state index in [4.69, 9.17) is 4.74 Å². The second-order valence-corrected chi connectivity index (χ2v) is 11.7. The van der Waals surface area contributed by atoms with Crippen LogP contribution in [0.3, 0.4) is 0 Å². The Balaban J connectivity index is 1.98. The Morgan fingerprint density at radius 1 is 0.950 bits per heavy atom. The molecule has 0 saturated heterocycles. The van der Waals surface area contributed by atoms with Crippen LogP contribution in [0.2, 0.25) is 0 Å². The summed E-state index contributed by atoms with van der Waals surface area (Å²) in [6.07, 6.45) is 2.43. The maximum Gasteiger partial charge on any atom is 0.264 e. The predicted octanol–water partition coefficient (Wildman–Crippen LogP) is 4.60. The van der Waals surface area contributed by atoms with Crippen molar-refractivity contribution in [3.8, 4) is 5.75 Å². The van der Waals surface area contributed by atoms with E-state index in [1.165, 1.54) is 28.8 Å². The lowest BCUT2D eigenvalue weighted by Gasteiger charge is -2.32. The molecule has 2 amide bonds. The molecule has 0 radical (unpaired) electrons. The van der Waals surface area contributed by atoms with Gasteiger partial charge in [0.25, 0.3) is 10.0 Å². The largest absolute Gasteiger partial charge is 0.494 e. The molecule has 1 unspecified atom stereocenters. The van der Waals surface area contributed by atoms with Gasteiger partial charge in [-0.1, -0.05) is 30.3 Å². The summed E-state index contributed by atoms with van der Waals surface area (Å²) in [5, 5.41) is 2.77. The zero-order chi connectivity index (χ0) is 29.1. The van der Waals surface area contributed by atoms with Crippen LogP contribution in [-0.2, 0) is 26.0 Å². The average Bonchev–Trinajstić information content (AvgIpc) is 2.97. The Morgan fingerprint density at radius 2 is 1.60 bits per heavy atom. The highest BCUT2D eigenvalue weighted by Gasteiger charge is 2.32. The minimum absolute atomic E-state index is 0.0691. The molecule has 10 heteroatoms. The number of amides is 2. The second-order valence-electron chi connectivity index (χ2n) is 9.01. The molecular formula is C30H37N3O5S2. The topological polar surface area (TPSA) is 96.0 Å². The van der Waals surface area contributed by atoms with Crippen LogP contribution in [0.25, 0.3) is 0 Å². The average molecular weight is 584 g/mol. The minimum atomic E-state index is -4.12. The van der Waals surface area contributed by atoms with Gasteiger partial charge in [-0.15, -0.1) is 11.8 Å². The van der Waals surface area contributed by atoms with Crippen LogP contribution >= 0.6 is 11.8 Å². The van der Waals surface area contributed by atoms with Crippen molar-refractivity contribution in [2.24, 2.45) is 0 Å². The van der Waals surface area contributed by atoms with Crippen LogP contribution < -0.4 is 14.4 Å². The third-order valence-electron chi connectivity index (χ3n) is 6.36. The first-order valence-corrected chi connectivity index (χ1v) is 15.9. The van der Waals surface area contributed by atoms with Gasteiger partial charge in [0.1, 0.15) is 18.3 Å². The number of carbonyl (C=O) groups is 2. The van der Waals surface area contributed by atoms with Crippen LogP contribution in [0.4, 0.5) is 5.69 Å². The molecule has 0 aromatic heterocycles. The molecule has 0 heterocycles. The lowest BCUT2D eigenvalue weighted by Crippen LogP contribution is -2.52. The number of thioether (sulfide) groups is 1. The first-order chi connectivity index (χ1) is 19.2. The number of carbonyl (C=O) groups excluding carboxylic acids is 2. The van der Waals surface area contributed by atoms with Crippen molar-refractivity contribution in [1.82, 2.24) is 10.2 Å². The molecule has 0 saturated carbocycles. The van der Waals surface area contributed by atoms with Gasteiger partial charge in [0.05, 0.1) is 17.2 Å². The number of sulfonamides is 1. The van der Waals surface area contributed by atoms with Gasteiger partial charge in [0.15, 0.2) is 0 Å². The fraction of sp³-hybridized carbons (Fsp3) is 0.333. The quantitative estimate of drug-likeness (QED) is 0.279. The lowest BCUT2D eigenvalue weighted by atomic mass is 10.1. The molecule has 0 aliphatic carbocycles. The molecule has 0 fully saturated rings. The Labute approximate surface area is 241 Å². The summed E-state index contributed by atoms with van der Waals surface area (Å²) in [4.78, 5) is 29.1. The van der Waals surface area contributed by atoms with Gasteiger partial charge < -0.3 is 15.0 Å². The van der Waals surface area contributed by atoms with E-state index in [0.29, 0.717) is 31.0 Å². The lowest BCUT2D eigenvalue weighted by molar-refractivity contribution is -0.138. The van der Waals surface area contributed by atoms with Crippen molar-refractivity contribution < 1.29 is 22.7 Å². The van der Waals surface area contributed by atoms with Crippen molar-refractivity contribution in [2.45, 2.75) is 43.0 Å². The van der Waals surface area contributed by atoms with E-state index < -0.39 is 28.5 Å². The van der Waals surface area contributed by atoms with E-state index in [-0.39, 0.29) is 17.3 Å². The molecule has 1 N–H and O–H groups in total. The predicted molar refractivity (Wildman–Crippen MR) is 160 cm³/mol. The standard InChI is InChI=1S/C30H37N3O5S2/c1-5-31-30(35)23(3)32(21-20-24-10-8-7-9-11-24)29(34)22-33(25-12-14-26(15-13-25)38-6-2)40(36,37)28-18-16-27(39-4)17-19-28/h7-19,23H,5-6,20-22H2,1-4H3,(H,31,35). The van der Waals surface area contributed by atoms with E-state index >= 15 is 0 Å². The summed E-state index contributed by atoms with van der Waals surface area (Å²) in [5.74, 6) is -0.187. The van der Waals surface area contributed by atoms with Gasteiger partial charge in [0, 0.05) is 18.0 Å². The highest BCUT2D eigenvalue weighted by molar-refractivity contribution is 7.98. The molecule has 40 heavy (non-hydrogen) atoms. The van der Waals surface area contributed by atoms with E-state index in [9.17, 15) is 18.0 Å². The van der Waals surface area contributed by atoms with Gasteiger partial charge in [-0.25, -0.2) is 8.42 Å². The molecule has 214 valence electrons. The summed E-state index contributed by atoms with van der Waals surface area (Å²) in [6.45, 7) is 5.99. The molecule has 0 bridgehead atoms. The fourth-order valence-corrected chi connectivity index (χ4v) is 5.99. The molecule has 0 aliphatic rings. The molecule has 0 aliphatic heterocycles. The maximum atomic E-state index is 13.9. The Hall–Kier alpha value is -3.50. The summed E-state index contributed by atoms with van der Waals surface area (Å²) in [7, 11) is -4.12. The summed E-state index contributed by atoms with van der Waals surface area (Å²) >= 11 is 1.51. The SMILES string of the molecule is CCNC(=O)C(C)N(CCc1ccccc1)C(=O)CN(c1ccc(OCC)cc1)S(=O)(=O)c1ccc(SC)cc1. The molecule has 3 rings (SSSR count). The zero-order valence-corrected chi connectivity index (χ0v) is 25.0. The van der Waals surface area contributed by atoms with Crippen LogP contribution in [0.5, 0.6) is 5.75 Å². The summed E-state index contributed by atoms with van der Waals surface area (Å²) < 4.78 is 34.5. The van der Waals surface area contributed by atoms with Gasteiger partial charge >= 0.3 is 0 Å².